The lowest BCUT2D eigenvalue weighted by molar-refractivity contribution is 0.376. The summed E-state index contributed by atoms with van der Waals surface area (Å²) in [6.07, 6.45) is 1.00. The Bertz CT molecular complexity index is 539. The molecule has 0 saturated carbocycles. The molecule has 108 valence electrons. The van der Waals surface area contributed by atoms with Crippen molar-refractivity contribution >= 4 is 21.4 Å². The van der Waals surface area contributed by atoms with E-state index < -0.39 is 10.0 Å². The molecule has 0 aromatic heterocycles. The fourth-order valence-corrected chi connectivity index (χ4v) is 2.42. The molecule has 0 aliphatic rings. The smallest absolute Gasteiger partial charge is 0.242 e. The molecule has 1 aromatic rings. The normalized spacial score (nSPS) is 12.4. The van der Waals surface area contributed by atoms with Crippen molar-refractivity contribution in [3.05, 3.63) is 18.2 Å². The lowest BCUT2D eigenvalue weighted by atomic mass is 9.90. The molecule has 0 aliphatic carbocycles. The van der Waals surface area contributed by atoms with Gasteiger partial charge in [-0.15, -0.1) is 0 Å². The second-order valence-corrected chi connectivity index (χ2v) is 7.19. The number of nitrogen functional groups attached to an aromatic ring is 1. The zero-order chi connectivity index (χ0) is 14.7. The maximum absolute atomic E-state index is 12.0. The third-order valence-electron chi connectivity index (χ3n) is 3.28. The largest absolute Gasteiger partial charge is 0.399 e. The first-order chi connectivity index (χ1) is 8.72. The molecule has 0 unspecified atom stereocenters. The molecular weight excluding hydrogens is 262 g/mol. The summed E-state index contributed by atoms with van der Waals surface area (Å²) >= 11 is 0. The van der Waals surface area contributed by atoms with Crippen LogP contribution in [0.25, 0.3) is 0 Å². The fraction of sp³-hybridized carbons (Fsp3) is 0.538. The number of nitrogens with two attached hydrogens (primary N) is 1. The van der Waals surface area contributed by atoms with Crippen LogP contribution in [0.2, 0.25) is 0 Å². The van der Waals surface area contributed by atoms with Gasteiger partial charge in [0.05, 0.1) is 5.69 Å². The Balaban J connectivity index is 3.09. The third-order valence-corrected chi connectivity index (χ3v) is 4.73. The van der Waals surface area contributed by atoms with Gasteiger partial charge in [-0.3, -0.25) is 0 Å². The predicted molar refractivity (Wildman–Crippen MR) is 79.7 cm³/mol. The van der Waals surface area contributed by atoms with E-state index in [4.69, 9.17) is 5.73 Å². The summed E-state index contributed by atoms with van der Waals surface area (Å²) in [6, 6.07) is 4.86. The number of sulfonamides is 1. The molecule has 0 saturated heterocycles. The lowest BCUT2D eigenvalue weighted by Crippen LogP contribution is -2.25. The first-order valence-electron chi connectivity index (χ1n) is 6.29. The van der Waals surface area contributed by atoms with Gasteiger partial charge in [-0.05, 0) is 37.1 Å². The molecule has 0 spiro atoms. The van der Waals surface area contributed by atoms with Gasteiger partial charge >= 0.3 is 0 Å². The van der Waals surface area contributed by atoms with Crippen LogP contribution in [0.1, 0.15) is 27.2 Å². The Morgan fingerprint density at radius 3 is 2.47 bits per heavy atom. The molecule has 0 heterocycles. The summed E-state index contributed by atoms with van der Waals surface area (Å²) in [7, 11) is -2.13. The van der Waals surface area contributed by atoms with Crippen LogP contribution >= 0.6 is 0 Å². The first kappa shape index (κ1) is 15.8. The van der Waals surface area contributed by atoms with E-state index in [-0.39, 0.29) is 10.3 Å². The van der Waals surface area contributed by atoms with Crippen LogP contribution in [-0.2, 0) is 10.0 Å². The minimum Gasteiger partial charge on any atom is -0.399 e. The average Bonchev–Trinajstić information content (AvgIpc) is 2.37. The lowest BCUT2D eigenvalue weighted by Gasteiger charge is -2.24. The molecule has 1 rings (SSSR count). The summed E-state index contributed by atoms with van der Waals surface area (Å²) in [6.45, 7) is 7.06. The highest BCUT2D eigenvalue weighted by Gasteiger charge is 2.20. The standard InChI is InChI=1S/C13H23N3O2S/c1-5-13(2,3)9-16-11-7-6-10(14)8-12(11)19(17,18)15-4/h6-8,15-16H,5,9,14H2,1-4H3. The van der Waals surface area contributed by atoms with Gasteiger partial charge in [0.25, 0.3) is 0 Å². The van der Waals surface area contributed by atoms with E-state index in [2.05, 4.69) is 30.8 Å². The monoisotopic (exact) mass is 285 g/mol. The molecule has 0 fully saturated rings. The first-order valence-corrected chi connectivity index (χ1v) is 7.77. The van der Waals surface area contributed by atoms with Crippen LogP contribution in [0.4, 0.5) is 11.4 Å². The summed E-state index contributed by atoms with van der Waals surface area (Å²) in [5.74, 6) is 0. The maximum atomic E-state index is 12.0. The van der Waals surface area contributed by atoms with Crippen LogP contribution in [0, 0.1) is 5.41 Å². The van der Waals surface area contributed by atoms with Gasteiger partial charge in [0.15, 0.2) is 0 Å². The molecule has 0 atom stereocenters. The summed E-state index contributed by atoms with van der Waals surface area (Å²) in [4.78, 5) is 0.182. The van der Waals surface area contributed by atoms with Crippen molar-refractivity contribution < 1.29 is 8.42 Å². The van der Waals surface area contributed by atoms with Crippen LogP contribution in [-0.4, -0.2) is 22.0 Å². The Morgan fingerprint density at radius 1 is 1.32 bits per heavy atom. The van der Waals surface area contributed by atoms with E-state index in [9.17, 15) is 8.42 Å². The van der Waals surface area contributed by atoms with Crippen molar-refractivity contribution in [3.63, 3.8) is 0 Å². The molecular formula is C13H23N3O2S. The Morgan fingerprint density at radius 2 is 1.95 bits per heavy atom. The Labute approximate surface area is 115 Å². The van der Waals surface area contributed by atoms with Crippen molar-refractivity contribution in [1.29, 1.82) is 0 Å². The zero-order valence-electron chi connectivity index (χ0n) is 11.9. The van der Waals surface area contributed by atoms with Crippen LogP contribution in [0.5, 0.6) is 0 Å². The highest BCUT2D eigenvalue weighted by atomic mass is 32.2. The van der Waals surface area contributed by atoms with Crippen LogP contribution < -0.4 is 15.8 Å². The molecule has 1 aromatic carbocycles. The fourth-order valence-electron chi connectivity index (χ4n) is 1.48. The number of hydrogen-bond donors (Lipinski definition) is 3. The summed E-state index contributed by atoms with van der Waals surface area (Å²) in [5.41, 5.74) is 6.77. The van der Waals surface area contributed by atoms with E-state index in [0.717, 1.165) is 6.42 Å². The molecule has 6 heteroatoms. The molecule has 4 N–H and O–H groups in total. The van der Waals surface area contributed by atoms with Gasteiger partial charge in [0.2, 0.25) is 10.0 Å². The topological polar surface area (TPSA) is 84.2 Å². The Hall–Kier alpha value is -1.27. The van der Waals surface area contributed by atoms with Crippen LogP contribution in [0.15, 0.2) is 23.1 Å². The van der Waals surface area contributed by atoms with Crippen molar-refractivity contribution in [2.45, 2.75) is 32.1 Å². The SMILES string of the molecule is CCC(C)(C)CNc1ccc(N)cc1S(=O)(=O)NC. The van der Waals surface area contributed by atoms with Crippen molar-refractivity contribution in [2.75, 3.05) is 24.6 Å². The maximum Gasteiger partial charge on any atom is 0.242 e. The van der Waals surface area contributed by atoms with Gasteiger partial charge in [-0.1, -0.05) is 20.8 Å². The highest BCUT2D eigenvalue weighted by Crippen LogP contribution is 2.26. The average molecular weight is 285 g/mol. The second-order valence-electron chi connectivity index (χ2n) is 5.33. The summed E-state index contributed by atoms with van der Waals surface area (Å²) < 4.78 is 26.2. The molecule has 0 radical (unpaired) electrons. The number of hydrogen-bond acceptors (Lipinski definition) is 4. The molecule has 5 nitrogen and oxygen atoms in total. The molecule has 0 bridgehead atoms. The summed E-state index contributed by atoms with van der Waals surface area (Å²) in [5, 5.41) is 3.20. The molecule has 19 heavy (non-hydrogen) atoms. The zero-order valence-corrected chi connectivity index (χ0v) is 12.8. The van der Waals surface area contributed by atoms with Crippen molar-refractivity contribution in [2.24, 2.45) is 5.41 Å². The van der Waals surface area contributed by atoms with E-state index in [1.165, 1.54) is 13.1 Å². The van der Waals surface area contributed by atoms with E-state index in [1.807, 2.05) is 0 Å². The van der Waals surface area contributed by atoms with Gasteiger partial charge in [0.1, 0.15) is 4.90 Å². The minimum absolute atomic E-state index is 0.0993. The van der Waals surface area contributed by atoms with Gasteiger partial charge in [-0.25, -0.2) is 13.1 Å². The van der Waals surface area contributed by atoms with E-state index in [0.29, 0.717) is 17.9 Å². The molecule has 0 amide bonds. The van der Waals surface area contributed by atoms with Crippen molar-refractivity contribution in [3.8, 4) is 0 Å². The predicted octanol–water partition coefficient (Wildman–Crippen LogP) is 2.02. The number of nitrogens with one attached hydrogen (secondary N) is 2. The number of rotatable bonds is 6. The highest BCUT2D eigenvalue weighted by molar-refractivity contribution is 7.89. The van der Waals surface area contributed by atoms with E-state index >= 15 is 0 Å². The minimum atomic E-state index is -3.52. The quantitative estimate of drug-likeness (QED) is 0.698. The molecule has 0 aliphatic heterocycles. The number of anilines is 2. The van der Waals surface area contributed by atoms with E-state index in [1.54, 1.807) is 12.1 Å². The third kappa shape index (κ3) is 4.11. The Kier molecular flexibility index (Phi) is 4.81. The van der Waals surface area contributed by atoms with Gasteiger partial charge < -0.3 is 11.1 Å². The van der Waals surface area contributed by atoms with Gasteiger partial charge in [-0.2, -0.15) is 0 Å². The number of benzene rings is 1. The van der Waals surface area contributed by atoms with Gasteiger partial charge in [0, 0.05) is 12.2 Å². The second kappa shape index (κ2) is 5.79. The van der Waals surface area contributed by atoms with Crippen LogP contribution in [0.3, 0.4) is 0 Å². The van der Waals surface area contributed by atoms with Crippen molar-refractivity contribution in [1.82, 2.24) is 4.72 Å².